The lowest BCUT2D eigenvalue weighted by Gasteiger charge is -2.27. The molecule has 1 aliphatic rings. The molecule has 1 aromatic carbocycles. The number of ether oxygens (including phenoxy) is 2. The first-order valence-corrected chi connectivity index (χ1v) is 10.2. The van der Waals surface area contributed by atoms with Crippen LogP contribution < -0.4 is 11.2 Å². The summed E-state index contributed by atoms with van der Waals surface area (Å²) in [4.78, 5) is 45.3. The largest absolute Gasteiger partial charge is 0.383 e. The van der Waals surface area contributed by atoms with E-state index >= 15 is 0 Å². The second-order valence-corrected chi connectivity index (χ2v) is 7.34. The summed E-state index contributed by atoms with van der Waals surface area (Å²) in [5.41, 5.74) is 0.383. The van der Waals surface area contributed by atoms with Crippen LogP contribution in [0.3, 0.4) is 0 Å². The van der Waals surface area contributed by atoms with E-state index in [1.807, 2.05) is 30.3 Å². The highest BCUT2D eigenvalue weighted by Crippen LogP contribution is 2.10. The number of rotatable bonds is 7. The van der Waals surface area contributed by atoms with Gasteiger partial charge in [0.15, 0.2) is 11.2 Å². The Hall–Kier alpha value is -3.24. The first-order chi connectivity index (χ1) is 15.1. The van der Waals surface area contributed by atoms with Crippen LogP contribution in [0.4, 0.5) is 0 Å². The summed E-state index contributed by atoms with van der Waals surface area (Å²) < 4.78 is 14.5. The maximum Gasteiger partial charge on any atom is 0.333 e. The van der Waals surface area contributed by atoms with Crippen molar-refractivity contribution in [2.75, 3.05) is 40.0 Å². The Bertz CT molecular complexity index is 1170. The molecule has 3 heterocycles. The molecule has 2 aromatic heterocycles. The fourth-order valence-corrected chi connectivity index (χ4v) is 3.69. The van der Waals surface area contributed by atoms with Gasteiger partial charge in [-0.1, -0.05) is 30.3 Å². The van der Waals surface area contributed by atoms with Crippen LogP contribution in [0.1, 0.15) is 5.56 Å². The molecular weight excluding hydrogens is 402 g/mol. The van der Waals surface area contributed by atoms with E-state index in [0.717, 1.165) is 10.1 Å². The van der Waals surface area contributed by atoms with Crippen LogP contribution in [0.15, 0.2) is 46.2 Å². The number of hydrogen-bond donors (Lipinski definition) is 0. The van der Waals surface area contributed by atoms with Gasteiger partial charge in [0.25, 0.3) is 5.56 Å². The van der Waals surface area contributed by atoms with E-state index in [0.29, 0.717) is 45.1 Å². The van der Waals surface area contributed by atoms with Gasteiger partial charge in [-0.05, 0) is 5.56 Å². The van der Waals surface area contributed by atoms with Gasteiger partial charge in [0.05, 0.1) is 32.7 Å². The first kappa shape index (κ1) is 21.0. The minimum Gasteiger partial charge on any atom is -0.383 e. The van der Waals surface area contributed by atoms with Crippen molar-refractivity contribution in [3.8, 4) is 0 Å². The van der Waals surface area contributed by atoms with Crippen LogP contribution in [-0.2, 0) is 33.9 Å². The average Bonchev–Trinajstić information content (AvgIpc) is 3.23. The van der Waals surface area contributed by atoms with E-state index in [2.05, 4.69) is 4.98 Å². The number of carbonyl (C=O) groups excluding carboxylic acids is 1. The highest BCUT2D eigenvalue weighted by molar-refractivity contribution is 5.77. The minimum atomic E-state index is -0.556. The lowest BCUT2D eigenvalue weighted by Crippen LogP contribution is -2.47. The third kappa shape index (κ3) is 4.30. The summed E-state index contributed by atoms with van der Waals surface area (Å²) in [7, 11) is 1.57. The first-order valence-electron chi connectivity index (χ1n) is 10.2. The monoisotopic (exact) mass is 427 g/mol. The van der Waals surface area contributed by atoms with E-state index < -0.39 is 11.2 Å². The molecule has 10 heteroatoms. The third-order valence-electron chi connectivity index (χ3n) is 5.36. The second-order valence-electron chi connectivity index (χ2n) is 7.34. The number of aromatic nitrogens is 4. The van der Waals surface area contributed by atoms with Gasteiger partial charge in [-0.3, -0.25) is 14.2 Å². The zero-order valence-corrected chi connectivity index (χ0v) is 17.4. The molecule has 1 amide bonds. The van der Waals surface area contributed by atoms with Crippen molar-refractivity contribution in [1.82, 2.24) is 23.6 Å². The Morgan fingerprint density at radius 2 is 1.87 bits per heavy atom. The van der Waals surface area contributed by atoms with Crippen LogP contribution in [-0.4, -0.2) is 69.5 Å². The van der Waals surface area contributed by atoms with E-state index in [9.17, 15) is 14.4 Å². The van der Waals surface area contributed by atoms with Gasteiger partial charge in [-0.2, -0.15) is 0 Å². The van der Waals surface area contributed by atoms with Crippen LogP contribution >= 0.6 is 0 Å². The van der Waals surface area contributed by atoms with Crippen LogP contribution in [0.25, 0.3) is 11.2 Å². The number of methoxy groups -OCH3 is 1. The predicted molar refractivity (Wildman–Crippen MR) is 113 cm³/mol. The van der Waals surface area contributed by atoms with Gasteiger partial charge in [0, 0.05) is 26.7 Å². The standard InChI is InChI=1S/C21H25N5O5/c1-30-10-7-24-15-22-19-18(24)20(28)26(14-17(27)23-8-11-31-12-9-23)21(29)25(19)13-16-5-3-2-4-6-16/h2-6,15H,7-14H2,1H3. The molecule has 1 saturated heterocycles. The summed E-state index contributed by atoms with van der Waals surface area (Å²) in [6.07, 6.45) is 1.53. The molecule has 10 nitrogen and oxygen atoms in total. The van der Waals surface area contributed by atoms with E-state index in [-0.39, 0.29) is 24.5 Å². The number of hydrogen-bond acceptors (Lipinski definition) is 6. The van der Waals surface area contributed by atoms with Crippen molar-refractivity contribution in [3.05, 3.63) is 63.1 Å². The fourth-order valence-electron chi connectivity index (χ4n) is 3.69. The molecule has 164 valence electrons. The van der Waals surface area contributed by atoms with Crippen molar-refractivity contribution in [1.29, 1.82) is 0 Å². The summed E-state index contributed by atoms with van der Waals surface area (Å²) in [5.74, 6) is -0.281. The zero-order valence-electron chi connectivity index (χ0n) is 17.4. The molecule has 0 unspecified atom stereocenters. The van der Waals surface area contributed by atoms with E-state index in [1.165, 1.54) is 10.9 Å². The number of carbonyl (C=O) groups is 1. The number of amides is 1. The number of benzene rings is 1. The van der Waals surface area contributed by atoms with Crippen molar-refractivity contribution in [3.63, 3.8) is 0 Å². The number of morpholine rings is 1. The molecule has 1 fully saturated rings. The highest BCUT2D eigenvalue weighted by Gasteiger charge is 2.23. The lowest BCUT2D eigenvalue weighted by molar-refractivity contribution is -0.136. The lowest BCUT2D eigenvalue weighted by atomic mass is 10.2. The molecule has 3 aromatic rings. The number of imidazole rings is 1. The SMILES string of the molecule is COCCn1cnc2c1c(=O)n(CC(=O)N1CCOCC1)c(=O)n2Cc1ccccc1. The Kier molecular flexibility index (Phi) is 6.28. The molecular formula is C21H25N5O5. The Balaban J connectivity index is 1.81. The van der Waals surface area contributed by atoms with E-state index in [1.54, 1.807) is 16.6 Å². The maximum atomic E-state index is 13.3. The summed E-state index contributed by atoms with van der Waals surface area (Å²) in [5, 5.41) is 0. The molecule has 0 N–H and O–H groups in total. The molecule has 0 aliphatic carbocycles. The van der Waals surface area contributed by atoms with Crippen molar-refractivity contribution in [2.24, 2.45) is 0 Å². The third-order valence-corrected chi connectivity index (χ3v) is 5.36. The number of nitrogens with zero attached hydrogens (tertiary/aromatic N) is 5. The summed E-state index contributed by atoms with van der Waals surface area (Å²) >= 11 is 0. The van der Waals surface area contributed by atoms with Crippen LogP contribution in [0.2, 0.25) is 0 Å². The average molecular weight is 427 g/mol. The maximum absolute atomic E-state index is 13.3. The van der Waals surface area contributed by atoms with Gasteiger partial charge in [-0.25, -0.2) is 14.3 Å². The van der Waals surface area contributed by atoms with Crippen molar-refractivity contribution in [2.45, 2.75) is 19.6 Å². The van der Waals surface area contributed by atoms with Crippen molar-refractivity contribution < 1.29 is 14.3 Å². The smallest absolute Gasteiger partial charge is 0.333 e. The van der Waals surface area contributed by atoms with Gasteiger partial charge < -0.3 is 18.9 Å². The number of fused-ring (bicyclic) bond motifs is 1. The molecule has 4 rings (SSSR count). The topological polar surface area (TPSA) is 101 Å². The summed E-state index contributed by atoms with van der Waals surface area (Å²) in [6.45, 7) is 2.49. The quantitative estimate of drug-likeness (QED) is 0.523. The van der Waals surface area contributed by atoms with Crippen LogP contribution in [0.5, 0.6) is 0 Å². The predicted octanol–water partition coefficient (Wildman–Crippen LogP) is -0.0868. The highest BCUT2D eigenvalue weighted by atomic mass is 16.5. The molecule has 0 spiro atoms. The van der Waals surface area contributed by atoms with Crippen molar-refractivity contribution >= 4 is 17.1 Å². The Morgan fingerprint density at radius 1 is 1.13 bits per heavy atom. The molecule has 1 aliphatic heterocycles. The van der Waals surface area contributed by atoms with Gasteiger partial charge >= 0.3 is 5.69 Å². The van der Waals surface area contributed by atoms with Gasteiger partial charge in [0.1, 0.15) is 6.54 Å². The van der Waals surface area contributed by atoms with E-state index in [4.69, 9.17) is 9.47 Å². The fraction of sp³-hybridized carbons (Fsp3) is 0.429. The normalized spacial score (nSPS) is 14.3. The second kappa shape index (κ2) is 9.27. The summed E-state index contributed by atoms with van der Waals surface area (Å²) in [6, 6.07) is 9.45. The minimum absolute atomic E-state index is 0.240. The Morgan fingerprint density at radius 3 is 2.58 bits per heavy atom. The molecule has 0 radical (unpaired) electrons. The molecule has 0 saturated carbocycles. The molecule has 0 bridgehead atoms. The van der Waals surface area contributed by atoms with Crippen LogP contribution in [0, 0.1) is 0 Å². The Labute approximate surface area is 178 Å². The van der Waals surface area contributed by atoms with Gasteiger partial charge in [-0.15, -0.1) is 0 Å². The molecule has 31 heavy (non-hydrogen) atoms. The van der Waals surface area contributed by atoms with Gasteiger partial charge in [0.2, 0.25) is 5.91 Å². The molecule has 0 atom stereocenters. The zero-order chi connectivity index (χ0) is 21.8.